The summed E-state index contributed by atoms with van der Waals surface area (Å²) in [6, 6.07) is 6.31. The van der Waals surface area contributed by atoms with E-state index in [1.165, 1.54) is 5.56 Å². The molecule has 1 aromatic carbocycles. The molecule has 14 heavy (non-hydrogen) atoms. The van der Waals surface area contributed by atoms with Gasteiger partial charge in [-0.05, 0) is 25.0 Å². The lowest BCUT2D eigenvalue weighted by atomic mass is 10.0. The predicted molar refractivity (Wildman–Crippen MR) is 58.1 cm³/mol. The van der Waals surface area contributed by atoms with Gasteiger partial charge in [0.2, 0.25) is 0 Å². The van der Waals surface area contributed by atoms with Gasteiger partial charge in [-0.25, -0.2) is 0 Å². The standard InChI is InChI=1S/C11H18N2O/c1-4-10(13-12)9-6-5-8(2)7-11(9)14-3/h5-7,10,13H,4,12H2,1-3H3. The number of rotatable bonds is 4. The number of methoxy groups -OCH3 is 1. The average molecular weight is 194 g/mol. The zero-order valence-electron chi connectivity index (χ0n) is 9.00. The molecule has 1 aromatic rings. The first-order chi connectivity index (χ1) is 6.72. The Bertz CT molecular complexity index is 295. The van der Waals surface area contributed by atoms with E-state index in [4.69, 9.17) is 10.6 Å². The smallest absolute Gasteiger partial charge is 0.123 e. The van der Waals surface area contributed by atoms with Crippen molar-refractivity contribution in [1.29, 1.82) is 0 Å². The minimum absolute atomic E-state index is 0.158. The lowest BCUT2D eigenvalue weighted by Crippen LogP contribution is -2.27. The number of nitrogens with two attached hydrogens (primary N) is 1. The Kier molecular flexibility index (Phi) is 3.92. The zero-order valence-corrected chi connectivity index (χ0v) is 9.00. The molecule has 1 rings (SSSR count). The summed E-state index contributed by atoms with van der Waals surface area (Å²) in [7, 11) is 1.68. The Balaban J connectivity index is 3.06. The van der Waals surface area contributed by atoms with Crippen LogP contribution in [0.2, 0.25) is 0 Å². The number of aryl methyl sites for hydroxylation is 1. The number of nitrogens with one attached hydrogen (secondary N) is 1. The van der Waals surface area contributed by atoms with Crippen molar-refractivity contribution in [2.24, 2.45) is 5.84 Å². The molecule has 3 nitrogen and oxygen atoms in total. The van der Waals surface area contributed by atoms with Crippen LogP contribution in [0.15, 0.2) is 18.2 Å². The molecule has 0 aliphatic heterocycles. The van der Waals surface area contributed by atoms with E-state index in [1.807, 2.05) is 13.0 Å². The molecule has 0 saturated heterocycles. The van der Waals surface area contributed by atoms with Crippen molar-refractivity contribution in [3.8, 4) is 5.75 Å². The molecule has 0 bridgehead atoms. The van der Waals surface area contributed by atoms with Crippen molar-refractivity contribution < 1.29 is 4.74 Å². The zero-order chi connectivity index (χ0) is 10.6. The van der Waals surface area contributed by atoms with Crippen LogP contribution in [0, 0.1) is 6.92 Å². The van der Waals surface area contributed by atoms with Crippen LogP contribution in [0.1, 0.15) is 30.5 Å². The summed E-state index contributed by atoms with van der Waals surface area (Å²) in [6.07, 6.45) is 0.940. The van der Waals surface area contributed by atoms with Gasteiger partial charge in [0.1, 0.15) is 5.75 Å². The summed E-state index contributed by atoms with van der Waals surface area (Å²) in [5.74, 6) is 6.37. The Morgan fingerprint density at radius 1 is 1.50 bits per heavy atom. The minimum atomic E-state index is 0.158. The molecule has 0 aliphatic carbocycles. The van der Waals surface area contributed by atoms with Gasteiger partial charge in [-0.3, -0.25) is 11.3 Å². The molecular weight excluding hydrogens is 176 g/mol. The van der Waals surface area contributed by atoms with E-state index in [0.717, 1.165) is 17.7 Å². The molecule has 1 unspecified atom stereocenters. The number of benzene rings is 1. The van der Waals surface area contributed by atoms with Crippen LogP contribution in [0.25, 0.3) is 0 Å². The molecular formula is C11H18N2O. The molecule has 1 atom stereocenters. The van der Waals surface area contributed by atoms with Gasteiger partial charge in [0.15, 0.2) is 0 Å². The van der Waals surface area contributed by atoms with Crippen LogP contribution in [0.4, 0.5) is 0 Å². The molecule has 0 saturated carbocycles. The van der Waals surface area contributed by atoms with E-state index in [9.17, 15) is 0 Å². The Labute approximate surface area is 85.2 Å². The van der Waals surface area contributed by atoms with E-state index in [0.29, 0.717) is 0 Å². The predicted octanol–water partition coefficient (Wildman–Crippen LogP) is 1.92. The van der Waals surface area contributed by atoms with Crippen molar-refractivity contribution in [3.63, 3.8) is 0 Å². The third-order valence-electron chi connectivity index (χ3n) is 2.37. The van der Waals surface area contributed by atoms with Crippen molar-refractivity contribution in [2.45, 2.75) is 26.3 Å². The van der Waals surface area contributed by atoms with Gasteiger partial charge in [-0.15, -0.1) is 0 Å². The normalized spacial score (nSPS) is 12.6. The Hall–Kier alpha value is -1.06. The van der Waals surface area contributed by atoms with Gasteiger partial charge in [0.25, 0.3) is 0 Å². The Morgan fingerprint density at radius 2 is 2.21 bits per heavy atom. The fourth-order valence-electron chi connectivity index (χ4n) is 1.53. The SMILES string of the molecule is CCC(NN)c1ccc(C)cc1OC. The lowest BCUT2D eigenvalue weighted by Gasteiger charge is -2.17. The maximum Gasteiger partial charge on any atom is 0.123 e. The first kappa shape index (κ1) is 11.0. The highest BCUT2D eigenvalue weighted by Crippen LogP contribution is 2.27. The molecule has 78 valence electrons. The molecule has 0 aromatic heterocycles. The molecule has 0 spiro atoms. The first-order valence-corrected chi connectivity index (χ1v) is 4.83. The quantitative estimate of drug-likeness (QED) is 0.568. The van der Waals surface area contributed by atoms with Crippen LogP contribution >= 0.6 is 0 Å². The van der Waals surface area contributed by atoms with Crippen molar-refractivity contribution >= 4 is 0 Å². The highest BCUT2D eigenvalue weighted by Gasteiger charge is 2.12. The van der Waals surface area contributed by atoms with Crippen molar-refractivity contribution in [2.75, 3.05) is 7.11 Å². The summed E-state index contributed by atoms with van der Waals surface area (Å²) in [6.45, 7) is 4.13. The number of hydrazine groups is 1. The van der Waals surface area contributed by atoms with Crippen LogP contribution in [0.3, 0.4) is 0 Å². The first-order valence-electron chi connectivity index (χ1n) is 4.83. The second-order valence-electron chi connectivity index (χ2n) is 3.37. The molecule has 0 heterocycles. The van der Waals surface area contributed by atoms with Gasteiger partial charge < -0.3 is 4.74 Å². The number of ether oxygens (including phenoxy) is 1. The van der Waals surface area contributed by atoms with E-state index in [-0.39, 0.29) is 6.04 Å². The van der Waals surface area contributed by atoms with Gasteiger partial charge in [0.05, 0.1) is 7.11 Å². The maximum atomic E-state index is 5.47. The topological polar surface area (TPSA) is 47.3 Å². The van der Waals surface area contributed by atoms with E-state index in [1.54, 1.807) is 7.11 Å². The number of hydrogen-bond donors (Lipinski definition) is 2. The van der Waals surface area contributed by atoms with Gasteiger partial charge in [-0.1, -0.05) is 19.1 Å². The van der Waals surface area contributed by atoms with Crippen molar-refractivity contribution in [1.82, 2.24) is 5.43 Å². The fraction of sp³-hybridized carbons (Fsp3) is 0.455. The fourth-order valence-corrected chi connectivity index (χ4v) is 1.53. The summed E-state index contributed by atoms with van der Waals surface area (Å²) < 4.78 is 5.32. The van der Waals surface area contributed by atoms with Crippen LogP contribution < -0.4 is 16.0 Å². The maximum absolute atomic E-state index is 5.47. The largest absolute Gasteiger partial charge is 0.496 e. The summed E-state index contributed by atoms with van der Waals surface area (Å²) in [4.78, 5) is 0. The van der Waals surface area contributed by atoms with Crippen LogP contribution in [0.5, 0.6) is 5.75 Å². The third-order valence-corrected chi connectivity index (χ3v) is 2.37. The summed E-state index contributed by atoms with van der Waals surface area (Å²) in [5.41, 5.74) is 5.09. The second-order valence-corrected chi connectivity index (χ2v) is 3.37. The highest BCUT2D eigenvalue weighted by atomic mass is 16.5. The molecule has 3 N–H and O–H groups in total. The van der Waals surface area contributed by atoms with Gasteiger partial charge in [-0.2, -0.15) is 0 Å². The molecule has 0 aliphatic rings. The lowest BCUT2D eigenvalue weighted by molar-refractivity contribution is 0.397. The van der Waals surface area contributed by atoms with Crippen LogP contribution in [-0.2, 0) is 0 Å². The van der Waals surface area contributed by atoms with Crippen molar-refractivity contribution in [3.05, 3.63) is 29.3 Å². The van der Waals surface area contributed by atoms with Gasteiger partial charge in [0, 0.05) is 11.6 Å². The number of hydrogen-bond acceptors (Lipinski definition) is 3. The van der Waals surface area contributed by atoms with E-state index < -0.39 is 0 Å². The molecule has 0 radical (unpaired) electrons. The average Bonchev–Trinajstić information content (AvgIpc) is 2.21. The third kappa shape index (κ3) is 2.25. The summed E-state index contributed by atoms with van der Waals surface area (Å²) in [5, 5.41) is 0. The van der Waals surface area contributed by atoms with Gasteiger partial charge >= 0.3 is 0 Å². The second kappa shape index (κ2) is 4.98. The van der Waals surface area contributed by atoms with Crippen LogP contribution in [-0.4, -0.2) is 7.11 Å². The molecule has 3 heteroatoms. The summed E-state index contributed by atoms with van der Waals surface area (Å²) >= 11 is 0. The highest BCUT2D eigenvalue weighted by molar-refractivity contribution is 5.39. The van der Waals surface area contributed by atoms with E-state index in [2.05, 4.69) is 24.5 Å². The molecule has 0 fully saturated rings. The Morgan fingerprint density at radius 3 is 2.71 bits per heavy atom. The molecule has 0 amide bonds. The monoisotopic (exact) mass is 194 g/mol. The van der Waals surface area contributed by atoms with E-state index >= 15 is 0 Å². The minimum Gasteiger partial charge on any atom is -0.496 e.